The minimum absolute atomic E-state index is 0.133. The lowest BCUT2D eigenvalue weighted by atomic mass is 10.2. The average molecular weight is 478 g/mol. The van der Waals surface area contributed by atoms with Crippen LogP contribution in [0.2, 0.25) is 5.02 Å². The maximum atomic E-state index is 12.8. The van der Waals surface area contributed by atoms with Crippen molar-refractivity contribution in [1.82, 2.24) is 0 Å². The predicted molar refractivity (Wildman–Crippen MR) is 107 cm³/mol. The van der Waals surface area contributed by atoms with E-state index in [1.54, 1.807) is 5.38 Å². The second-order valence-corrected chi connectivity index (χ2v) is 7.30. The quantitative estimate of drug-likeness (QED) is 0.502. The van der Waals surface area contributed by atoms with Crippen molar-refractivity contribution < 1.29 is 37.1 Å². The fraction of sp³-hybridized carbons (Fsp3) is 0.222. The molecule has 166 valence electrons. The van der Waals surface area contributed by atoms with Crippen molar-refractivity contribution >= 4 is 57.3 Å². The minimum atomic E-state index is -4.70. The summed E-state index contributed by atoms with van der Waals surface area (Å²) in [6.07, 6.45) is -5.36. The highest BCUT2D eigenvalue weighted by Gasteiger charge is 2.33. The van der Waals surface area contributed by atoms with Gasteiger partial charge in [0.2, 0.25) is 5.91 Å². The van der Waals surface area contributed by atoms with Crippen molar-refractivity contribution in [3.63, 3.8) is 0 Å². The van der Waals surface area contributed by atoms with E-state index < -0.39 is 47.1 Å². The summed E-state index contributed by atoms with van der Waals surface area (Å²) in [7, 11) is 0. The van der Waals surface area contributed by atoms with E-state index in [1.165, 1.54) is 6.07 Å². The third-order valence-corrected chi connectivity index (χ3v) is 4.82. The largest absolute Gasteiger partial charge is 0.456 e. The number of rotatable bonds is 8. The summed E-state index contributed by atoms with van der Waals surface area (Å²) in [5.74, 6) is -3.05. The Morgan fingerprint density at radius 2 is 1.77 bits per heavy atom. The van der Waals surface area contributed by atoms with Crippen LogP contribution in [0.15, 0.2) is 29.6 Å². The van der Waals surface area contributed by atoms with Crippen LogP contribution in [-0.4, -0.2) is 30.3 Å². The first-order chi connectivity index (χ1) is 14.5. The van der Waals surface area contributed by atoms with Crippen LogP contribution in [0.25, 0.3) is 0 Å². The highest BCUT2D eigenvalue weighted by atomic mass is 35.5. The zero-order chi connectivity index (χ0) is 23.2. The van der Waals surface area contributed by atoms with E-state index >= 15 is 0 Å². The van der Waals surface area contributed by atoms with Crippen LogP contribution in [0, 0.1) is 0 Å². The Labute approximate surface area is 182 Å². The lowest BCUT2D eigenvalue weighted by molar-refractivity contribution is -0.147. The summed E-state index contributed by atoms with van der Waals surface area (Å²) in [5, 5.41) is 5.86. The number of carbonyl (C=O) groups excluding carboxylic acids is 4. The molecule has 4 N–H and O–H groups in total. The lowest BCUT2D eigenvalue weighted by Gasteiger charge is -2.12. The van der Waals surface area contributed by atoms with Gasteiger partial charge in [0, 0.05) is 12.1 Å². The van der Waals surface area contributed by atoms with Crippen LogP contribution in [0.4, 0.5) is 23.9 Å². The molecule has 0 spiro atoms. The summed E-state index contributed by atoms with van der Waals surface area (Å²) >= 11 is 6.57. The number of nitrogens with one attached hydrogen (secondary N) is 2. The van der Waals surface area contributed by atoms with Crippen molar-refractivity contribution in [2.24, 2.45) is 5.73 Å². The SMILES string of the molecule is NC(=O)c1ccsc1NC(=O)CCC(=O)OCC(=O)Nc1ccc(Cl)c(C(F)(F)F)c1. The molecular formula is C18H15ClF3N3O5S. The number of thiophene rings is 1. The van der Waals surface area contributed by atoms with Crippen molar-refractivity contribution in [1.29, 1.82) is 0 Å². The molecule has 2 rings (SSSR count). The van der Waals surface area contributed by atoms with E-state index in [0.29, 0.717) is 6.07 Å². The zero-order valence-electron chi connectivity index (χ0n) is 15.5. The Morgan fingerprint density at radius 1 is 1.06 bits per heavy atom. The van der Waals surface area contributed by atoms with Crippen LogP contribution in [-0.2, 0) is 25.3 Å². The molecule has 1 aromatic heterocycles. The molecule has 13 heteroatoms. The van der Waals surface area contributed by atoms with E-state index in [-0.39, 0.29) is 29.1 Å². The van der Waals surface area contributed by atoms with Gasteiger partial charge in [0.05, 0.1) is 22.6 Å². The second-order valence-electron chi connectivity index (χ2n) is 5.98. The predicted octanol–water partition coefficient (Wildman–Crippen LogP) is 3.42. The standard InChI is InChI=1S/C18H15ClF3N3O5S/c19-12-2-1-9(7-11(12)18(20,21)22)24-14(27)8-30-15(28)4-3-13(26)25-17-10(16(23)29)5-6-31-17/h1-2,5-7H,3-4,8H2,(H2,23,29)(H,24,27)(H,25,26). The molecule has 0 fully saturated rings. The molecule has 0 saturated carbocycles. The van der Waals surface area contributed by atoms with E-state index in [1.807, 2.05) is 0 Å². The maximum Gasteiger partial charge on any atom is 0.417 e. The molecule has 0 radical (unpaired) electrons. The monoisotopic (exact) mass is 477 g/mol. The summed E-state index contributed by atoms with van der Waals surface area (Å²) in [6, 6.07) is 4.22. The van der Waals surface area contributed by atoms with Gasteiger partial charge in [-0.1, -0.05) is 11.6 Å². The number of benzene rings is 1. The Kier molecular flexibility index (Phi) is 8.00. The molecule has 0 bridgehead atoms. The number of halogens is 4. The highest BCUT2D eigenvalue weighted by Crippen LogP contribution is 2.36. The van der Waals surface area contributed by atoms with Gasteiger partial charge in [0.25, 0.3) is 11.8 Å². The molecule has 0 aliphatic rings. The minimum Gasteiger partial charge on any atom is -0.456 e. The fourth-order valence-electron chi connectivity index (χ4n) is 2.24. The smallest absolute Gasteiger partial charge is 0.417 e. The number of ether oxygens (including phenoxy) is 1. The van der Waals surface area contributed by atoms with E-state index in [2.05, 4.69) is 10.6 Å². The van der Waals surface area contributed by atoms with Crippen LogP contribution >= 0.6 is 22.9 Å². The number of amides is 3. The number of hydrogen-bond acceptors (Lipinski definition) is 6. The van der Waals surface area contributed by atoms with Crippen molar-refractivity contribution in [2.75, 3.05) is 17.2 Å². The Morgan fingerprint density at radius 3 is 2.42 bits per heavy atom. The van der Waals surface area contributed by atoms with Gasteiger partial charge in [0.1, 0.15) is 5.00 Å². The molecule has 31 heavy (non-hydrogen) atoms. The molecule has 2 aromatic rings. The van der Waals surface area contributed by atoms with Gasteiger partial charge in [0.15, 0.2) is 6.61 Å². The average Bonchev–Trinajstić information content (AvgIpc) is 3.13. The molecule has 1 heterocycles. The van der Waals surface area contributed by atoms with Gasteiger partial charge in [-0.15, -0.1) is 11.3 Å². The highest BCUT2D eigenvalue weighted by molar-refractivity contribution is 7.14. The number of esters is 1. The zero-order valence-corrected chi connectivity index (χ0v) is 17.1. The van der Waals surface area contributed by atoms with Crippen molar-refractivity contribution in [2.45, 2.75) is 19.0 Å². The molecular weight excluding hydrogens is 463 g/mol. The number of alkyl halides is 3. The summed E-state index contributed by atoms with van der Waals surface area (Å²) in [6.45, 7) is -0.763. The van der Waals surface area contributed by atoms with Crippen LogP contribution in [0.1, 0.15) is 28.8 Å². The van der Waals surface area contributed by atoms with E-state index in [0.717, 1.165) is 23.5 Å². The van der Waals surface area contributed by atoms with Crippen molar-refractivity contribution in [3.8, 4) is 0 Å². The number of hydrogen-bond donors (Lipinski definition) is 3. The molecule has 0 unspecified atom stereocenters. The Balaban J connectivity index is 1.78. The first kappa shape index (κ1) is 24.2. The first-order valence-corrected chi connectivity index (χ1v) is 9.72. The fourth-order valence-corrected chi connectivity index (χ4v) is 3.27. The third kappa shape index (κ3) is 7.26. The summed E-state index contributed by atoms with van der Waals surface area (Å²) < 4.78 is 43.2. The topological polar surface area (TPSA) is 128 Å². The molecule has 0 aliphatic heterocycles. The van der Waals surface area contributed by atoms with E-state index in [4.69, 9.17) is 22.1 Å². The van der Waals surface area contributed by atoms with Crippen LogP contribution in [0.3, 0.4) is 0 Å². The van der Waals surface area contributed by atoms with Gasteiger partial charge in [-0.3, -0.25) is 19.2 Å². The number of nitrogens with two attached hydrogens (primary N) is 1. The summed E-state index contributed by atoms with van der Waals surface area (Å²) in [4.78, 5) is 46.5. The lowest BCUT2D eigenvalue weighted by Crippen LogP contribution is -2.22. The maximum absolute atomic E-state index is 12.8. The van der Waals surface area contributed by atoms with Crippen molar-refractivity contribution in [3.05, 3.63) is 45.8 Å². The molecule has 0 saturated heterocycles. The van der Waals surface area contributed by atoms with Crippen LogP contribution in [0.5, 0.6) is 0 Å². The van der Waals surface area contributed by atoms with Gasteiger partial charge in [-0.25, -0.2) is 0 Å². The van der Waals surface area contributed by atoms with Gasteiger partial charge >= 0.3 is 12.1 Å². The Bertz CT molecular complexity index is 1010. The number of anilines is 2. The third-order valence-electron chi connectivity index (χ3n) is 3.66. The summed E-state index contributed by atoms with van der Waals surface area (Å²) in [5.41, 5.74) is 3.99. The van der Waals surface area contributed by atoms with Gasteiger partial charge < -0.3 is 21.1 Å². The molecule has 0 aliphatic carbocycles. The number of primary amides is 1. The molecule has 0 atom stereocenters. The second kappa shape index (κ2) is 10.3. The number of carbonyl (C=O) groups is 4. The van der Waals surface area contributed by atoms with E-state index in [9.17, 15) is 32.3 Å². The van der Waals surface area contributed by atoms with Gasteiger partial charge in [-0.05, 0) is 29.6 Å². The van der Waals surface area contributed by atoms with Crippen LogP contribution < -0.4 is 16.4 Å². The normalized spacial score (nSPS) is 11.0. The van der Waals surface area contributed by atoms with Gasteiger partial charge in [-0.2, -0.15) is 13.2 Å². The molecule has 1 aromatic carbocycles. The molecule has 3 amide bonds. The first-order valence-electron chi connectivity index (χ1n) is 8.46. The Hall–Kier alpha value is -3.12. The molecule has 8 nitrogen and oxygen atoms in total.